The molecular formula is C15H16N2O2. The fraction of sp³-hybridized carbons (Fsp3) is 0.200. The average molecular weight is 256 g/mol. The van der Waals surface area contributed by atoms with Crippen molar-refractivity contribution in [2.75, 3.05) is 11.9 Å². The third-order valence-electron chi connectivity index (χ3n) is 2.87. The van der Waals surface area contributed by atoms with Gasteiger partial charge in [0.2, 0.25) is 0 Å². The molecule has 0 aliphatic carbocycles. The van der Waals surface area contributed by atoms with Crippen LogP contribution in [-0.4, -0.2) is 22.6 Å². The van der Waals surface area contributed by atoms with Crippen molar-refractivity contribution in [3.63, 3.8) is 0 Å². The molecule has 0 radical (unpaired) electrons. The highest BCUT2D eigenvalue weighted by molar-refractivity contribution is 5.75. The van der Waals surface area contributed by atoms with Gasteiger partial charge in [0, 0.05) is 17.4 Å². The summed E-state index contributed by atoms with van der Waals surface area (Å²) in [5, 5.41) is 11.6. The summed E-state index contributed by atoms with van der Waals surface area (Å²) >= 11 is 0. The van der Waals surface area contributed by atoms with Crippen molar-refractivity contribution in [3.05, 3.63) is 47.7 Å². The number of nitrogens with zero attached hydrogens (tertiary/aromatic N) is 1. The Balaban J connectivity index is 2.29. The molecule has 0 amide bonds. The van der Waals surface area contributed by atoms with Gasteiger partial charge in [-0.2, -0.15) is 0 Å². The first-order chi connectivity index (χ1) is 9.06. The van der Waals surface area contributed by atoms with Crippen LogP contribution >= 0.6 is 0 Å². The third-order valence-corrected chi connectivity index (χ3v) is 2.87. The van der Waals surface area contributed by atoms with Crippen LogP contribution in [-0.2, 0) is 4.79 Å². The second-order valence-corrected chi connectivity index (χ2v) is 4.50. The molecule has 0 unspecified atom stereocenters. The van der Waals surface area contributed by atoms with Crippen LogP contribution in [0.25, 0.3) is 11.3 Å². The van der Waals surface area contributed by atoms with Gasteiger partial charge in [-0.3, -0.25) is 9.78 Å². The molecule has 0 spiro atoms. The Hall–Kier alpha value is -2.36. The fourth-order valence-electron chi connectivity index (χ4n) is 1.78. The maximum Gasteiger partial charge on any atom is 0.322 e. The van der Waals surface area contributed by atoms with Gasteiger partial charge in [0.15, 0.2) is 0 Å². The Bertz CT molecular complexity index is 592. The Morgan fingerprint density at radius 1 is 1.26 bits per heavy atom. The van der Waals surface area contributed by atoms with Crippen molar-refractivity contribution in [1.29, 1.82) is 0 Å². The standard InChI is InChI=1S/C15H16N2O2/c1-10-3-6-13(16-8-10)12-5-4-11(2)14(7-12)17-9-15(18)19/h3-8,17H,9H2,1-2H3,(H,18,19). The van der Waals surface area contributed by atoms with Gasteiger partial charge in [-0.15, -0.1) is 0 Å². The largest absolute Gasteiger partial charge is 0.480 e. The van der Waals surface area contributed by atoms with Gasteiger partial charge in [-0.1, -0.05) is 18.2 Å². The summed E-state index contributed by atoms with van der Waals surface area (Å²) in [6.45, 7) is 3.84. The number of carbonyl (C=O) groups is 1. The first-order valence-corrected chi connectivity index (χ1v) is 6.05. The summed E-state index contributed by atoms with van der Waals surface area (Å²) < 4.78 is 0. The summed E-state index contributed by atoms with van der Waals surface area (Å²) in [5.74, 6) is -0.877. The van der Waals surface area contributed by atoms with Gasteiger partial charge >= 0.3 is 5.97 Å². The van der Waals surface area contributed by atoms with Crippen LogP contribution < -0.4 is 5.32 Å². The lowest BCUT2D eigenvalue weighted by molar-refractivity contribution is -0.134. The van der Waals surface area contributed by atoms with Crippen molar-refractivity contribution < 1.29 is 9.90 Å². The molecule has 0 bridgehead atoms. The normalized spacial score (nSPS) is 10.2. The molecule has 98 valence electrons. The van der Waals surface area contributed by atoms with Crippen LogP contribution in [0.15, 0.2) is 36.5 Å². The number of aliphatic carboxylic acids is 1. The summed E-state index contributed by atoms with van der Waals surface area (Å²) in [6, 6.07) is 9.84. The van der Waals surface area contributed by atoms with E-state index in [1.807, 2.05) is 50.4 Å². The van der Waals surface area contributed by atoms with Crippen LogP contribution in [0.5, 0.6) is 0 Å². The quantitative estimate of drug-likeness (QED) is 0.883. The minimum absolute atomic E-state index is 0.0916. The first-order valence-electron chi connectivity index (χ1n) is 6.05. The molecule has 0 saturated heterocycles. The molecule has 2 aromatic rings. The lowest BCUT2D eigenvalue weighted by Gasteiger charge is -2.10. The summed E-state index contributed by atoms with van der Waals surface area (Å²) in [7, 11) is 0. The third kappa shape index (κ3) is 3.31. The van der Waals surface area contributed by atoms with Gasteiger partial charge in [0.05, 0.1) is 5.69 Å². The number of aromatic nitrogens is 1. The minimum Gasteiger partial charge on any atom is -0.480 e. The number of aryl methyl sites for hydroxylation is 2. The Kier molecular flexibility index (Phi) is 3.80. The maximum atomic E-state index is 10.6. The van der Waals surface area contributed by atoms with Crippen LogP contribution in [0, 0.1) is 13.8 Å². The number of hydrogen-bond donors (Lipinski definition) is 2. The van der Waals surface area contributed by atoms with E-state index in [0.717, 1.165) is 28.1 Å². The lowest BCUT2D eigenvalue weighted by atomic mass is 10.1. The van der Waals surface area contributed by atoms with Gasteiger partial charge < -0.3 is 10.4 Å². The molecule has 19 heavy (non-hydrogen) atoms. The number of benzene rings is 1. The number of carboxylic acids is 1. The lowest BCUT2D eigenvalue weighted by Crippen LogP contribution is -2.13. The smallest absolute Gasteiger partial charge is 0.322 e. The summed E-state index contributed by atoms with van der Waals surface area (Å²) in [5.41, 5.74) is 4.79. The second kappa shape index (κ2) is 5.52. The van der Waals surface area contributed by atoms with Crippen molar-refractivity contribution in [3.8, 4) is 11.3 Å². The molecule has 2 rings (SSSR count). The van der Waals surface area contributed by atoms with Gasteiger partial charge in [0.25, 0.3) is 0 Å². The molecular weight excluding hydrogens is 240 g/mol. The zero-order chi connectivity index (χ0) is 13.8. The van der Waals surface area contributed by atoms with Crippen LogP contribution in [0.4, 0.5) is 5.69 Å². The van der Waals surface area contributed by atoms with E-state index < -0.39 is 5.97 Å². The van der Waals surface area contributed by atoms with E-state index in [-0.39, 0.29) is 6.54 Å². The van der Waals surface area contributed by atoms with Crippen molar-refractivity contribution in [2.24, 2.45) is 0 Å². The SMILES string of the molecule is Cc1ccc(-c2ccc(C)c(NCC(=O)O)c2)nc1. The topological polar surface area (TPSA) is 62.2 Å². The van der Waals surface area contributed by atoms with E-state index >= 15 is 0 Å². The molecule has 0 aliphatic heterocycles. The highest BCUT2D eigenvalue weighted by Gasteiger charge is 2.05. The first kappa shape index (κ1) is 13.1. The zero-order valence-electron chi connectivity index (χ0n) is 11.0. The van der Waals surface area contributed by atoms with E-state index in [1.54, 1.807) is 0 Å². The second-order valence-electron chi connectivity index (χ2n) is 4.50. The summed E-state index contributed by atoms with van der Waals surface area (Å²) in [6.07, 6.45) is 1.82. The molecule has 2 N–H and O–H groups in total. The molecule has 1 heterocycles. The highest BCUT2D eigenvalue weighted by Crippen LogP contribution is 2.24. The Morgan fingerprint density at radius 3 is 2.68 bits per heavy atom. The minimum atomic E-state index is -0.877. The van der Waals surface area contributed by atoms with E-state index in [2.05, 4.69) is 10.3 Å². The Labute approximate surface area is 112 Å². The monoisotopic (exact) mass is 256 g/mol. The number of nitrogens with one attached hydrogen (secondary N) is 1. The molecule has 1 aromatic heterocycles. The van der Waals surface area contributed by atoms with Crippen molar-refractivity contribution in [2.45, 2.75) is 13.8 Å². The van der Waals surface area contributed by atoms with E-state index in [0.29, 0.717) is 0 Å². The number of rotatable bonds is 4. The molecule has 4 nitrogen and oxygen atoms in total. The highest BCUT2D eigenvalue weighted by atomic mass is 16.4. The number of anilines is 1. The molecule has 0 saturated carbocycles. The number of pyridine rings is 1. The molecule has 0 aliphatic rings. The van der Waals surface area contributed by atoms with Gasteiger partial charge in [0.1, 0.15) is 6.54 Å². The number of carboxylic acid groups (broad SMARTS) is 1. The van der Waals surface area contributed by atoms with Crippen LogP contribution in [0.3, 0.4) is 0 Å². The zero-order valence-corrected chi connectivity index (χ0v) is 11.0. The molecule has 0 atom stereocenters. The Morgan fingerprint density at radius 2 is 2.05 bits per heavy atom. The van der Waals surface area contributed by atoms with Crippen LogP contribution in [0.1, 0.15) is 11.1 Å². The summed E-state index contributed by atoms with van der Waals surface area (Å²) in [4.78, 5) is 15.0. The molecule has 1 aromatic carbocycles. The maximum absolute atomic E-state index is 10.6. The van der Waals surface area contributed by atoms with Gasteiger partial charge in [-0.25, -0.2) is 0 Å². The van der Waals surface area contributed by atoms with Crippen molar-refractivity contribution >= 4 is 11.7 Å². The average Bonchev–Trinajstić information content (AvgIpc) is 2.39. The fourth-order valence-corrected chi connectivity index (χ4v) is 1.78. The molecule has 4 heteroatoms. The van der Waals surface area contributed by atoms with E-state index in [4.69, 9.17) is 5.11 Å². The van der Waals surface area contributed by atoms with Gasteiger partial charge in [-0.05, 0) is 37.1 Å². The van der Waals surface area contributed by atoms with E-state index in [9.17, 15) is 4.79 Å². The van der Waals surface area contributed by atoms with Crippen LogP contribution in [0.2, 0.25) is 0 Å². The predicted molar refractivity (Wildman–Crippen MR) is 75.3 cm³/mol. The van der Waals surface area contributed by atoms with Crippen molar-refractivity contribution in [1.82, 2.24) is 4.98 Å². The number of hydrogen-bond acceptors (Lipinski definition) is 3. The molecule has 0 fully saturated rings. The predicted octanol–water partition coefficient (Wildman–Crippen LogP) is 2.86. The van der Waals surface area contributed by atoms with E-state index in [1.165, 1.54) is 0 Å².